The van der Waals surface area contributed by atoms with Crippen molar-refractivity contribution >= 4 is 46.0 Å². The van der Waals surface area contributed by atoms with E-state index in [0.29, 0.717) is 5.69 Å². The average Bonchev–Trinajstić information content (AvgIpc) is 2.92. The number of thioether (sulfide) groups is 1. The van der Waals surface area contributed by atoms with E-state index in [1.807, 2.05) is 37.3 Å². The minimum absolute atomic E-state index is 0.0868. The highest BCUT2D eigenvalue weighted by Crippen LogP contribution is 2.28. The van der Waals surface area contributed by atoms with Gasteiger partial charge in [0, 0.05) is 34.8 Å². The minimum Gasteiger partial charge on any atom is -0.339 e. The van der Waals surface area contributed by atoms with Crippen LogP contribution in [-0.4, -0.2) is 30.1 Å². The molecule has 0 aliphatic carbocycles. The third kappa shape index (κ3) is 5.26. The maximum absolute atomic E-state index is 12.1. The molecule has 0 radical (unpaired) electrons. The van der Waals surface area contributed by atoms with Crippen LogP contribution in [0.4, 0.5) is 10.5 Å². The Morgan fingerprint density at radius 3 is 2.57 bits per heavy atom. The first-order chi connectivity index (χ1) is 11.0. The zero-order chi connectivity index (χ0) is 16.8. The number of rotatable bonds is 4. The number of amides is 2. The Balaban J connectivity index is 2.06. The molecule has 1 heterocycles. The summed E-state index contributed by atoms with van der Waals surface area (Å²) in [7, 11) is 3.39. The van der Waals surface area contributed by atoms with Gasteiger partial charge in [0.1, 0.15) is 0 Å². The average molecular weight is 346 g/mol. The molecular weight excluding hydrogens is 328 g/mol. The van der Waals surface area contributed by atoms with E-state index in [4.69, 9.17) is 0 Å². The summed E-state index contributed by atoms with van der Waals surface area (Å²) in [6.07, 6.45) is 3.29. The highest BCUT2D eigenvalue weighted by atomic mass is 32.2. The van der Waals surface area contributed by atoms with Crippen LogP contribution < -0.4 is 5.32 Å². The molecule has 0 atom stereocenters. The van der Waals surface area contributed by atoms with Crippen LogP contribution in [-0.2, 0) is 4.79 Å². The van der Waals surface area contributed by atoms with Crippen LogP contribution in [0.15, 0.2) is 47.4 Å². The van der Waals surface area contributed by atoms with Gasteiger partial charge in [0.25, 0.3) is 5.24 Å². The second-order valence-electron chi connectivity index (χ2n) is 5.03. The van der Waals surface area contributed by atoms with Gasteiger partial charge in [0.2, 0.25) is 5.91 Å². The van der Waals surface area contributed by atoms with Gasteiger partial charge in [-0.1, -0.05) is 12.1 Å². The first kappa shape index (κ1) is 17.3. The molecule has 4 nitrogen and oxygen atoms in total. The number of aryl methyl sites for hydroxylation is 1. The minimum atomic E-state index is -0.221. The molecule has 2 rings (SSSR count). The highest BCUT2D eigenvalue weighted by Gasteiger charge is 2.11. The number of para-hydroxylation sites is 1. The normalized spacial score (nSPS) is 10.7. The largest absolute Gasteiger partial charge is 0.339 e. The topological polar surface area (TPSA) is 49.4 Å². The van der Waals surface area contributed by atoms with Crippen molar-refractivity contribution in [3.8, 4) is 0 Å². The fourth-order valence-electron chi connectivity index (χ4n) is 1.72. The summed E-state index contributed by atoms with van der Waals surface area (Å²) >= 11 is 2.72. The lowest BCUT2D eigenvalue weighted by atomic mass is 10.3. The lowest BCUT2D eigenvalue weighted by Crippen LogP contribution is -2.16. The van der Waals surface area contributed by atoms with Crippen molar-refractivity contribution < 1.29 is 9.59 Å². The van der Waals surface area contributed by atoms with Crippen molar-refractivity contribution in [3.05, 3.63) is 52.2 Å². The monoisotopic (exact) mass is 346 g/mol. The van der Waals surface area contributed by atoms with Crippen LogP contribution >= 0.6 is 23.1 Å². The number of thiophene rings is 1. The predicted molar refractivity (Wildman–Crippen MR) is 98.1 cm³/mol. The number of hydrogen-bond donors (Lipinski definition) is 1. The van der Waals surface area contributed by atoms with Crippen molar-refractivity contribution in [2.24, 2.45) is 0 Å². The molecule has 1 N–H and O–H groups in total. The van der Waals surface area contributed by atoms with Crippen LogP contribution in [0.1, 0.15) is 9.75 Å². The zero-order valence-electron chi connectivity index (χ0n) is 13.2. The number of carbonyl (C=O) groups excluding carboxylic acids is 2. The van der Waals surface area contributed by atoms with E-state index in [2.05, 4.69) is 5.32 Å². The summed E-state index contributed by atoms with van der Waals surface area (Å²) in [5.41, 5.74) is 0.629. The van der Waals surface area contributed by atoms with Crippen LogP contribution in [0.5, 0.6) is 0 Å². The van der Waals surface area contributed by atoms with E-state index in [0.717, 1.165) is 21.5 Å². The molecule has 1 aromatic heterocycles. The second kappa shape index (κ2) is 7.99. The molecule has 0 saturated carbocycles. The van der Waals surface area contributed by atoms with Crippen LogP contribution in [0.25, 0.3) is 6.08 Å². The van der Waals surface area contributed by atoms with Gasteiger partial charge in [-0.25, -0.2) is 0 Å². The van der Waals surface area contributed by atoms with Crippen molar-refractivity contribution in [2.45, 2.75) is 11.8 Å². The molecular formula is C17H18N2O2S2. The van der Waals surface area contributed by atoms with Crippen LogP contribution in [0.2, 0.25) is 0 Å². The molecule has 0 spiro atoms. The highest BCUT2D eigenvalue weighted by molar-refractivity contribution is 8.13. The molecule has 0 saturated heterocycles. The number of anilines is 1. The van der Waals surface area contributed by atoms with Gasteiger partial charge < -0.3 is 10.2 Å². The molecule has 2 amide bonds. The molecule has 0 unspecified atom stereocenters. The fraction of sp³-hybridized carbons (Fsp3) is 0.176. The number of carbonyl (C=O) groups is 2. The van der Waals surface area contributed by atoms with Gasteiger partial charge in [-0.3, -0.25) is 9.59 Å². The smallest absolute Gasteiger partial charge is 0.286 e. The molecule has 2 aromatic rings. The summed E-state index contributed by atoms with van der Waals surface area (Å²) < 4.78 is 0. The fourth-order valence-corrected chi connectivity index (χ4v) is 3.25. The molecule has 6 heteroatoms. The standard InChI is InChI=1S/C17H18N2O2S2/c1-12-8-9-13(22-12)10-11-16(20)18-14-6-4-5-7-15(14)23-17(21)19(2)3/h4-11H,1-3H3,(H,18,20)/b11-10+. The lowest BCUT2D eigenvalue weighted by molar-refractivity contribution is -0.111. The third-order valence-corrected chi connectivity index (χ3v) is 4.95. The van der Waals surface area contributed by atoms with Gasteiger partial charge in [-0.15, -0.1) is 11.3 Å². The van der Waals surface area contributed by atoms with Crippen LogP contribution in [0.3, 0.4) is 0 Å². The van der Waals surface area contributed by atoms with E-state index >= 15 is 0 Å². The third-order valence-electron chi connectivity index (χ3n) is 2.87. The Kier molecular flexibility index (Phi) is 6.01. The number of nitrogens with one attached hydrogen (secondary N) is 1. The quantitative estimate of drug-likeness (QED) is 0.656. The Morgan fingerprint density at radius 2 is 1.91 bits per heavy atom. The van der Waals surface area contributed by atoms with Crippen molar-refractivity contribution in [3.63, 3.8) is 0 Å². The Bertz CT molecular complexity index is 736. The zero-order valence-corrected chi connectivity index (χ0v) is 14.8. The van der Waals surface area contributed by atoms with Crippen molar-refractivity contribution in [1.29, 1.82) is 0 Å². The van der Waals surface area contributed by atoms with E-state index < -0.39 is 0 Å². The Labute approximate surface area is 144 Å². The second-order valence-corrected chi connectivity index (χ2v) is 7.34. The van der Waals surface area contributed by atoms with Gasteiger partial charge in [0.15, 0.2) is 0 Å². The first-order valence-electron chi connectivity index (χ1n) is 6.99. The first-order valence-corrected chi connectivity index (χ1v) is 8.62. The Morgan fingerprint density at radius 1 is 1.17 bits per heavy atom. The number of benzene rings is 1. The van der Waals surface area contributed by atoms with Crippen molar-refractivity contribution in [2.75, 3.05) is 19.4 Å². The molecule has 0 bridgehead atoms. The van der Waals surface area contributed by atoms with E-state index in [9.17, 15) is 9.59 Å². The molecule has 0 aliphatic heterocycles. The summed E-state index contributed by atoms with van der Waals surface area (Å²) in [6.45, 7) is 2.03. The summed E-state index contributed by atoms with van der Waals surface area (Å²) in [4.78, 5) is 28.4. The predicted octanol–water partition coefficient (Wildman–Crippen LogP) is 4.48. The molecule has 1 aromatic carbocycles. The van der Waals surface area contributed by atoms with Gasteiger partial charge in [-0.2, -0.15) is 0 Å². The molecule has 23 heavy (non-hydrogen) atoms. The number of nitrogens with zero attached hydrogens (tertiary/aromatic N) is 1. The molecule has 0 aliphatic rings. The van der Waals surface area contributed by atoms with Gasteiger partial charge in [0.05, 0.1) is 5.69 Å². The maximum Gasteiger partial charge on any atom is 0.286 e. The van der Waals surface area contributed by atoms with Gasteiger partial charge >= 0.3 is 0 Å². The van der Waals surface area contributed by atoms with Crippen molar-refractivity contribution in [1.82, 2.24) is 4.90 Å². The lowest BCUT2D eigenvalue weighted by Gasteiger charge is -2.12. The van der Waals surface area contributed by atoms with E-state index in [1.165, 1.54) is 15.9 Å². The summed E-state index contributed by atoms with van der Waals surface area (Å²) in [5.74, 6) is -0.221. The molecule has 120 valence electrons. The van der Waals surface area contributed by atoms with Gasteiger partial charge in [-0.05, 0) is 49.0 Å². The molecule has 0 fully saturated rings. The number of hydrogen-bond acceptors (Lipinski definition) is 4. The maximum atomic E-state index is 12.1. The van der Waals surface area contributed by atoms with E-state index in [-0.39, 0.29) is 11.1 Å². The summed E-state index contributed by atoms with van der Waals surface area (Å²) in [6, 6.07) is 11.3. The summed E-state index contributed by atoms with van der Waals surface area (Å²) in [5, 5.41) is 2.73. The van der Waals surface area contributed by atoms with Crippen LogP contribution in [0, 0.1) is 6.92 Å². The van der Waals surface area contributed by atoms with E-state index in [1.54, 1.807) is 37.6 Å². The SMILES string of the molecule is Cc1ccc(/C=C/C(=O)Nc2ccccc2SC(=O)N(C)C)s1. The Hall–Kier alpha value is -2.05.